The normalized spacial score (nSPS) is 18.6. The summed E-state index contributed by atoms with van der Waals surface area (Å²) in [5.41, 5.74) is 8.80. The monoisotopic (exact) mass is 262 g/mol. The molecule has 0 radical (unpaired) electrons. The van der Waals surface area contributed by atoms with Gasteiger partial charge in [0, 0.05) is 36.1 Å². The van der Waals surface area contributed by atoms with Crippen molar-refractivity contribution >= 4 is 22.5 Å². The summed E-state index contributed by atoms with van der Waals surface area (Å²) >= 11 is 6.42. The molecule has 0 atom stereocenters. The van der Waals surface area contributed by atoms with Gasteiger partial charge in [-0.05, 0) is 30.5 Å². The van der Waals surface area contributed by atoms with E-state index in [4.69, 9.17) is 17.3 Å². The Bertz CT molecular complexity index is 579. The Morgan fingerprint density at radius 3 is 2.72 bits per heavy atom. The number of halogens is 1. The number of aryl methyl sites for hydroxylation is 1. The molecule has 1 heterocycles. The van der Waals surface area contributed by atoms with Crippen molar-refractivity contribution in [2.45, 2.75) is 31.1 Å². The van der Waals surface area contributed by atoms with Gasteiger partial charge in [-0.3, -0.25) is 0 Å². The van der Waals surface area contributed by atoms with Crippen molar-refractivity contribution in [2.24, 2.45) is 12.8 Å². The molecule has 1 aliphatic rings. The van der Waals surface area contributed by atoms with E-state index in [9.17, 15) is 0 Å². The molecule has 0 saturated heterocycles. The molecule has 0 unspecified atom stereocenters. The fourth-order valence-electron chi connectivity index (χ4n) is 3.44. The summed E-state index contributed by atoms with van der Waals surface area (Å²) in [6, 6.07) is 6.12. The van der Waals surface area contributed by atoms with Crippen molar-refractivity contribution in [2.75, 3.05) is 6.54 Å². The lowest BCUT2D eigenvalue weighted by Gasteiger charge is -2.27. The van der Waals surface area contributed by atoms with Crippen LogP contribution in [0, 0.1) is 0 Å². The van der Waals surface area contributed by atoms with Crippen molar-refractivity contribution in [1.29, 1.82) is 0 Å². The minimum atomic E-state index is 0.143. The number of benzene rings is 1. The van der Waals surface area contributed by atoms with Crippen LogP contribution >= 0.6 is 11.6 Å². The molecular weight excluding hydrogens is 244 g/mol. The zero-order chi connectivity index (χ0) is 12.8. The van der Waals surface area contributed by atoms with Crippen molar-refractivity contribution in [1.82, 2.24) is 4.57 Å². The highest BCUT2D eigenvalue weighted by Gasteiger charge is 2.36. The highest BCUT2D eigenvalue weighted by Crippen LogP contribution is 2.45. The van der Waals surface area contributed by atoms with Gasteiger partial charge < -0.3 is 10.3 Å². The first kappa shape index (κ1) is 12.1. The number of hydrogen-bond acceptors (Lipinski definition) is 1. The van der Waals surface area contributed by atoms with Crippen LogP contribution in [0.15, 0.2) is 24.4 Å². The largest absolute Gasteiger partial charge is 0.350 e. The van der Waals surface area contributed by atoms with Crippen molar-refractivity contribution in [3.05, 3.63) is 35.0 Å². The van der Waals surface area contributed by atoms with Crippen LogP contribution in [-0.2, 0) is 12.5 Å². The maximum atomic E-state index is 6.42. The number of rotatable bonds is 2. The van der Waals surface area contributed by atoms with Crippen LogP contribution in [0.2, 0.25) is 5.02 Å². The minimum Gasteiger partial charge on any atom is -0.350 e. The Morgan fingerprint density at radius 1 is 1.33 bits per heavy atom. The summed E-state index contributed by atoms with van der Waals surface area (Å²) in [6.07, 6.45) is 7.16. The lowest BCUT2D eigenvalue weighted by Crippen LogP contribution is -2.31. The van der Waals surface area contributed by atoms with Gasteiger partial charge in [-0.2, -0.15) is 0 Å². The van der Waals surface area contributed by atoms with Crippen molar-refractivity contribution in [3.63, 3.8) is 0 Å². The predicted octanol–water partition coefficient (Wildman–Crippen LogP) is 3.60. The summed E-state index contributed by atoms with van der Waals surface area (Å²) in [7, 11) is 2.08. The summed E-state index contributed by atoms with van der Waals surface area (Å²) in [4.78, 5) is 0. The van der Waals surface area contributed by atoms with Gasteiger partial charge in [0.25, 0.3) is 0 Å². The van der Waals surface area contributed by atoms with E-state index in [1.807, 2.05) is 12.1 Å². The van der Waals surface area contributed by atoms with Crippen LogP contribution in [0.25, 0.3) is 10.9 Å². The SMILES string of the molecule is Cn1cc(C2(CN)CCCC2)c2c(Cl)cccc21. The number of hydrogen-bond donors (Lipinski definition) is 1. The molecule has 1 aromatic carbocycles. The summed E-state index contributed by atoms with van der Waals surface area (Å²) in [5, 5.41) is 2.05. The fraction of sp³-hybridized carbons (Fsp3) is 0.467. The molecule has 3 rings (SSSR count). The second-order valence-electron chi connectivity index (χ2n) is 5.48. The third kappa shape index (κ3) is 1.59. The van der Waals surface area contributed by atoms with E-state index in [0.29, 0.717) is 0 Å². The minimum absolute atomic E-state index is 0.143. The Morgan fingerprint density at radius 2 is 2.06 bits per heavy atom. The number of nitrogens with two attached hydrogens (primary N) is 1. The molecule has 0 aliphatic heterocycles. The highest BCUT2D eigenvalue weighted by molar-refractivity contribution is 6.35. The van der Waals surface area contributed by atoms with Crippen LogP contribution < -0.4 is 5.73 Å². The van der Waals surface area contributed by atoms with Gasteiger partial charge in [0.1, 0.15) is 0 Å². The molecule has 3 heteroatoms. The molecule has 2 N–H and O–H groups in total. The zero-order valence-corrected chi connectivity index (χ0v) is 11.5. The fourth-order valence-corrected chi connectivity index (χ4v) is 3.71. The highest BCUT2D eigenvalue weighted by atomic mass is 35.5. The van der Waals surface area contributed by atoms with Crippen molar-refractivity contribution in [3.8, 4) is 0 Å². The topological polar surface area (TPSA) is 30.9 Å². The first-order valence-corrected chi connectivity index (χ1v) is 7.00. The Labute approximate surface area is 113 Å². The Hall–Kier alpha value is -0.990. The van der Waals surface area contributed by atoms with Gasteiger partial charge in [0.15, 0.2) is 0 Å². The van der Waals surface area contributed by atoms with Gasteiger partial charge in [-0.25, -0.2) is 0 Å². The van der Waals surface area contributed by atoms with Crippen LogP contribution in [0.5, 0.6) is 0 Å². The van der Waals surface area contributed by atoms with E-state index in [1.165, 1.54) is 42.1 Å². The second-order valence-corrected chi connectivity index (χ2v) is 5.89. The van der Waals surface area contributed by atoms with Gasteiger partial charge in [0.2, 0.25) is 0 Å². The lowest BCUT2D eigenvalue weighted by atomic mass is 9.79. The van der Waals surface area contributed by atoms with Crippen LogP contribution in [0.1, 0.15) is 31.2 Å². The Balaban J connectivity index is 2.29. The number of fused-ring (bicyclic) bond motifs is 1. The zero-order valence-electron chi connectivity index (χ0n) is 10.7. The molecule has 0 bridgehead atoms. The molecule has 1 aromatic heterocycles. The third-order valence-electron chi connectivity index (χ3n) is 4.49. The first-order chi connectivity index (χ1) is 8.68. The van der Waals surface area contributed by atoms with Gasteiger partial charge >= 0.3 is 0 Å². The molecule has 0 spiro atoms. The van der Waals surface area contributed by atoms with E-state index in [2.05, 4.69) is 23.9 Å². The molecule has 96 valence electrons. The van der Waals surface area contributed by atoms with Gasteiger partial charge in [-0.1, -0.05) is 30.5 Å². The third-order valence-corrected chi connectivity index (χ3v) is 4.80. The predicted molar refractivity (Wildman–Crippen MR) is 77.1 cm³/mol. The summed E-state index contributed by atoms with van der Waals surface area (Å²) in [6.45, 7) is 0.720. The number of nitrogens with zero attached hydrogens (tertiary/aromatic N) is 1. The maximum Gasteiger partial charge on any atom is 0.0502 e. The Kier molecular flexibility index (Phi) is 2.87. The first-order valence-electron chi connectivity index (χ1n) is 6.62. The van der Waals surface area contributed by atoms with Crippen LogP contribution in [-0.4, -0.2) is 11.1 Å². The summed E-state index contributed by atoms with van der Waals surface area (Å²) < 4.78 is 2.17. The quantitative estimate of drug-likeness (QED) is 0.881. The standard InChI is InChI=1S/C15H19ClN2/c1-18-9-11(15(10-17)7-2-3-8-15)14-12(16)5-4-6-13(14)18/h4-6,9H,2-3,7-8,10,17H2,1H3. The van der Waals surface area contributed by atoms with E-state index in [1.54, 1.807) is 0 Å². The van der Waals surface area contributed by atoms with E-state index in [-0.39, 0.29) is 5.41 Å². The van der Waals surface area contributed by atoms with E-state index < -0.39 is 0 Å². The molecule has 1 saturated carbocycles. The number of aromatic nitrogens is 1. The molecule has 1 aliphatic carbocycles. The molecular formula is C15H19ClN2. The molecule has 2 nitrogen and oxygen atoms in total. The lowest BCUT2D eigenvalue weighted by molar-refractivity contribution is 0.456. The van der Waals surface area contributed by atoms with Gasteiger partial charge in [0.05, 0.1) is 5.02 Å². The van der Waals surface area contributed by atoms with E-state index in [0.717, 1.165) is 11.6 Å². The molecule has 18 heavy (non-hydrogen) atoms. The average Bonchev–Trinajstić information content (AvgIpc) is 2.96. The maximum absolute atomic E-state index is 6.42. The molecule has 2 aromatic rings. The van der Waals surface area contributed by atoms with Crippen LogP contribution in [0.3, 0.4) is 0 Å². The van der Waals surface area contributed by atoms with Crippen molar-refractivity contribution < 1.29 is 0 Å². The van der Waals surface area contributed by atoms with E-state index >= 15 is 0 Å². The summed E-state index contributed by atoms with van der Waals surface area (Å²) in [5.74, 6) is 0. The molecule has 0 amide bonds. The van der Waals surface area contributed by atoms with Gasteiger partial charge in [-0.15, -0.1) is 0 Å². The van der Waals surface area contributed by atoms with Crippen LogP contribution in [0.4, 0.5) is 0 Å². The average molecular weight is 263 g/mol. The molecule has 1 fully saturated rings. The second kappa shape index (κ2) is 4.29. The smallest absolute Gasteiger partial charge is 0.0502 e.